The molecule has 0 spiro atoms. The number of esters is 1. The molecule has 0 aromatic carbocycles. The largest absolute Gasteiger partial charge is 0.465 e. The molecule has 0 unspecified atom stereocenters. The van der Waals surface area contributed by atoms with E-state index in [1.165, 1.54) is 15.6 Å². The molecule has 1 saturated carbocycles. The smallest absolute Gasteiger partial charge is 0.321 e. The first kappa shape index (κ1) is 15.9. The molecule has 1 aliphatic rings. The van der Waals surface area contributed by atoms with Crippen LogP contribution < -0.4 is 0 Å². The van der Waals surface area contributed by atoms with Crippen LogP contribution in [-0.2, 0) is 19.6 Å². The van der Waals surface area contributed by atoms with E-state index in [-0.39, 0.29) is 24.1 Å². The molecule has 0 saturated heterocycles. The van der Waals surface area contributed by atoms with Gasteiger partial charge in [-0.25, -0.2) is 8.42 Å². The molecule has 5 nitrogen and oxygen atoms in total. The van der Waals surface area contributed by atoms with Gasteiger partial charge in [0.05, 0.1) is 15.3 Å². The van der Waals surface area contributed by atoms with Crippen LogP contribution in [0.2, 0.25) is 0 Å². The third-order valence-electron chi connectivity index (χ3n) is 2.97. The van der Waals surface area contributed by atoms with E-state index in [9.17, 15) is 13.2 Å². The Kier molecular flexibility index (Phi) is 4.88. The Bertz CT molecular complexity index is 607. The molecule has 112 valence electrons. The van der Waals surface area contributed by atoms with Crippen molar-refractivity contribution in [2.75, 3.05) is 13.2 Å². The Morgan fingerprint density at radius 2 is 2.20 bits per heavy atom. The van der Waals surface area contributed by atoms with Crippen LogP contribution in [0.4, 0.5) is 0 Å². The molecule has 1 aromatic rings. The van der Waals surface area contributed by atoms with Gasteiger partial charge in [0.15, 0.2) is 0 Å². The summed E-state index contributed by atoms with van der Waals surface area (Å²) in [4.78, 5) is 12.6. The number of thiophene rings is 1. The van der Waals surface area contributed by atoms with E-state index in [4.69, 9.17) is 4.74 Å². The quantitative estimate of drug-likeness (QED) is 0.710. The number of aryl methyl sites for hydroxylation is 1. The number of sulfonamides is 1. The first-order valence-corrected chi connectivity index (χ1v) is 9.34. The molecule has 0 radical (unpaired) electrons. The minimum absolute atomic E-state index is 0.0810. The van der Waals surface area contributed by atoms with E-state index in [0.717, 1.165) is 16.6 Å². The van der Waals surface area contributed by atoms with Crippen molar-refractivity contribution in [3.8, 4) is 0 Å². The van der Waals surface area contributed by atoms with Crippen molar-refractivity contribution < 1.29 is 17.9 Å². The third-order valence-corrected chi connectivity index (χ3v) is 6.68. The lowest BCUT2D eigenvalue weighted by molar-refractivity contribution is -0.143. The SMILES string of the molecule is CCOC(=O)CN(C1CC1)S(=O)(=O)c1cc(Br)sc1C. The number of nitrogens with zero attached hydrogens (tertiary/aromatic N) is 1. The highest BCUT2D eigenvalue weighted by molar-refractivity contribution is 9.11. The fourth-order valence-corrected chi connectivity index (χ4v) is 5.93. The minimum Gasteiger partial charge on any atom is -0.465 e. The van der Waals surface area contributed by atoms with Crippen molar-refractivity contribution in [3.63, 3.8) is 0 Å². The average molecular weight is 382 g/mol. The third kappa shape index (κ3) is 3.41. The molecule has 0 amide bonds. The zero-order valence-corrected chi connectivity index (χ0v) is 14.5. The fraction of sp³-hybridized carbons (Fsp3) is 0.583. The average Bonchev–Trinajstić information content (AvgIpc) is 3.11. The van der Waals surface area contributed by atoms with Gasteiger partial charge in [0.25, 0.3) is 0 Å². The van der Waals surface area contributed by atoms with Crippen LogP contribution in [0.3, 0.4) is 0 Å². The number of hydrogen-bond acceptors (Lipinski definition) is 5. The zero-order chi connectivity index (χ0) is 14.9. The fourth-order valence-electron chi connectivity index (χ4n) is 1.92. The molecular weight excluding hydrogens is 366 g/mol. The van der Waals surface area contributed by atoms with Gasteiger partial charge in [-0.15, -0.1) is 11.3 Å². The van der Waals surface area contributed by atoms with Crippen molar-refractivity contribution in [2.45, 2.75) is 37.6 Å². The van der Waals surface area contributed by atoms with Crippen LogP contribution >= 0.6 is 27.3 Å². The second-order valence-electron chi connectivity index (χ2n) is 4.56. The van der Waals surface area contributed by atoms with Crippen molar-refractivity contribution in [2.24, 2.45) is 0 Å². The monoisotopic (exact) mass is 381 g/mol. The molecule has 1 fully saturated rings. The van der Waals surface area contributed by atoms with Crippen LogP contribution in [0, 0.1) is 6.92 Å². The Hall–Kier alpha value is -0.440. The molecule has 20 heavy (non-hydrogen) atoms. The van der Waals surface area contributed by atoms with E-state index in [1.54, 1.807) is 19.9 Å². The van der Waals surface area contributed by atoms with E-state index >= 15 is 0 Å². The maximum Gasteiger partial charge on any atom is 0.321 e. The topological polar surface area (TPSA) is 63.7 Å². The summed E-state index contributed by atoms with van der Waals surface area (Å²) in [6, 6.07) is 1.51. The predicted octanol–water partition coefficient (Wildman–Crippen LogP) is 2.54. The summed E-state index contributed by atoms with van der Waals surface area (Å²) in [6.45, 7) is 3.50. The Morgan fingerprint density at radius 3 is 2.65 bits per heavy atom. The molecular formula is C12H16BrNO4S2. The number of carbonyl (C=O) groups is 1. The number of halogens is 1. The van der Waals surface area contributed by atoms with E-state index in [1.807, 2.05) is 0 Å². The summed E-state index contributed by atoms with van der Waals surface area (Å²) in [6.07, 6.45) is 1.59. The van der Waals surface area contributed by atoms with Gasteiger partial charge >= 0.3 is 5.97 Å². The van der Waals surface area contributed by atoms with Crippen molar-refractivity contribution in [1.82, 2.24) is 4.31 Å². The number of rotatable bonds is 6. The van der Waals surface area contributed by atoms with Crippen LogP contribution in [-0.4, -0.2) is 37.9 Å². The van der Waals surface area contributed by atoms with Gasteiger partial charge in [-0.3, -0.25) is 4.79 Å². The molecule has 0 aliphatic heterocycles. The second-order valence-corrected chi connectivity index (χ2v) is 9.05. The van der Waals surface area contributed by atoms with Gasteiger partial charge in [0, 0.05) is 10.9 Å². The van der Waals surface area contributed by atoms with Gasteiger partial charge in [0.2, 0.25) is 10.0 Å². The summed E-state index contributed by atoms with van der Waals surface area (Å²) in [5.41, 5.74) is 0. The maximum atomic E-state index is 12.7. The molecule has 8 heteroatoms. The molecule has 1 aliphatic carbocycles. The molecule has 0 bridgehead atoms. The lowest BCUT2D eigenvalue weighted by Crippen LogP contribution is -2.38. The molecule has 0 atom stereocenters. The van der Waals surface area contributed by atoms with E-state index in [0.29, 0.717) is 4.88 Å². The number of ether oxygens (including phenoxy) is 1. The normalized spacial score (nSPS) is 15.6. The van der Waals surface area contributed by atoms with Crippen molar-refractivity contribution >= 4 is 43.3 Å². The Balaban J connectivity index is 2.28. The maximum absolute atomic E-state index is 12.7. The summed E-state index contributed by atoms with van der Waals surface area (Å²) in [5.74, 6) is -0.505. The standard InChI is InChI=1S/C12H16BrNO4S2/c1-3-18-12(15)7-14(9-4-5-9)20(16,17)10-6-11(13)19-8(10)2/h6,9H,3-5,7H2,1-2H3. The zero-order valence-electron chi connectivity index (χ0n) is 11.3. The minimum atomic E-state index is -3.65. The lowest BCUT2D eigenvalue weighted by Gasteiger charge is -2.20. The molecule has 2 rings (SSSR count). The Labute approximate surface area is 131 Å². The summed E-state index contributed by atoms with van der Waals surface area (Å²) < 4.78 is 32.3. The summed E-state index contributed by atoms with van der Waals surface area (Å²) in [7, 11) is -3.65. The highest BCUT2D eigenvalue weighted by atomic mass is 79.9. The van der Waals surface area contributed by atoms with Gasteiger partial charge in [-0.2, -0.15) is 4.31 Å². The van der Waals surface area contributed by atoms with E-state index < -0.39 is 16.0 Å². The van der Waals surface area contributed by atoms with Crippen molar-refractivity contribution in [1.29, 1.82) is 0 Å². The van der Waals surface area contributed by atoms with Crippen molar-refractivity contribution in [3.05, 3.63) is 14.7 Å². The summed E-state index contributed by atoms with van der Waals surface area (Å²) >= 11 is 4.67. The van der Waals surface area contributed by atoms with Gasteiger partial charge in [-0.1, -0.05) is 0 Å². The second kappa shape index (κ2) is 6.13. The highest BCUT2D eigenvalue weighted by Crippen LogP contribution is 2.36. The molecule has 1 heterocycles. The lowest BCUT2D eigenvalue weighted by atomic mass is 10.5. The first-order chi connectivity index (χ1) is 9.36. The van der Waals surface area contributed by atoms with Gasteiger partial charge in [-0.05, 0) is 48.7 Å². The number of carbonyl (C=O) groups excluding carboxylic acids is 1. The number of hydrogen-bond donors (Lipinski definition) is 0. The predicted molar refractivity (Wildman–Crippen MR) is 80.3 cm³/mol. The van der Waals surface area contributed by atoms with Crippen LogP contribution in [0.25, 0.3) is 0 Å². The highest BCUT2D eigenvalue weighted by Gasteiger charge is 2.40. The van der Waals surface area contributed by atoms with Crippen LogP contribution in [0.5, 0.6) is 0 Å². The Morgan fingerprint density at radius 1 is 1.55 bits per heavy atom. The van der Waals surface area contributed by atoms with Crippen LogP contribution in [0.1, 0.15) is 24.6 Å². The van der Waals surface area contributed by atoms with E-state index in [2.05, 4.69) is 15.9 Å². The van der Waals surface area contributed by atoms with Crippen LogP contribution in [0.15, 0.2) is 14.7 Å². The molecule has 1 aromatic heterocycles. The molecule has 0 N–H and O–H groups in total. The van der Waals surface area contributed by atoms with Gasteiger partial charge in [0.1, 0.15) is 6.54 Å². The van der Waals surface area contributed by atoms with Gasteiger partial charge < -0.3 is 4.74 Å². The summed E-state index contributed by atoms with van der Waals surface area (Å²) in [5, 5.41) is 0. The first-order valence-electron chi connectivity index (χ1n) is 6.29.